The maximum Gasteiger partial charge on any atom is 0.161 e. The number of benzene rings is 1. The Balaban J connectivity index is 3.02. The lowest BCUT2D eigenvalue weighted by Crippen LogP contribution is -1.96. The largest absolute Gasteiger partial charge is 0.493 e. The fourth-order valence-corrected chi connectivity index (χ4v) is 1.33. The summed E-state index contributed by atoms with van der Waals surface area (Å²) in [5, 5.41) is 9.72. The third-order valence-corrected chi connectivity index (χ3v) is 2.12. The molecule has 3 heteroatoms. The number of aliphatic hydroxyl groups excluding tert-OH is 1. The summed E-state index contributed by atoms with van der Waals surface area (Å²) >= 11 is 0. The van der Waals surface area contributed by atoms with Gasteiger partial charge in [-0.1, -0.05) is 18.2 Å². The van der Waals surface area contributed by atoms with Gasteiger partial charge in [-0.25, -0.2) is 0 Å². The highest BCUT2D eigenvalue weighted by molar-refractivity contribution is 5.44. The van der Waals surface area contributed by atoms with Gasteiger partial charge in [-0.05, 0) is 24.6 Å². The van der Waals surface area contributed by atoms with Crippen LogP contribution < -0.4 is 9.47 Å². The molecule has 1 atom stereocenters. The smallest absolute Gasteiger partial charge is 0.161 e. The maximum atomic E-state index is 9.72. The molecule has 3 nitrogen and oxygen atoms in total. The molecule has 15 heavy (non-hydrogen) atoms. The van der Waals surface area contributed by atoms with Gasteiger partial charge in [0.2, 0.25) is 0 Å². The van der Waals surface area contributed by atoms with E-state index < -0.39 is 6.10 Å². The summed E-state index contributed by atoms with van der Waals surface area (Å²) in [6, 6.07) is 5.36. The average molecular weight is 208 g/mol. The zero-order valence-electron chi connectivity index (χ0n) is 9.23. The first kappa shape index (κ1) is 11.6. The molecule has 1 rings (SSSR count). The van der Waals surface area contributed by atoms with Crippen LogP contribution in [-0.4, -0.2) is 19.3 Å². The number of ether oxygens (including phenoxy) is 2. The number of allylic oxidation sites excluding steroid dienone is 1. The van der Waals surface area contributed by atoms with E-state index in [9.17, 15) is 5.11 Å². The summed E-state index contributed by atoms with van der Waals surface area (Å²) in [5.41, 5.74) is 0.783. The van der Waals surface area contributed by atoms with Crippen molar-refractivity contribution in [1.29, 1.82) is 0 Å². The number of methoxy groups -OCH3 is 2. The van der Waals surface area contributed by atoms with Crippen LogP contribution in [0, 0.1) is 0 Å². The topological polar surface area (TPSA) is 38.7 Å². The molecule has 0 amide bonds. The molecule has 0 aliphatic carbocycles. The summed E-state index contributed by atoms with van der Waals surface area (Å²) in [6.45, 7) is 1.87. The Labute approximate surface area is 90.0 Å². The molecule has 0 spiro atoms. The van der Waals surface area contributed by atoms with Crippen LogP contribution in [-0.2, 0) is 0 Å². The average Bonchev–Trinajstić information content (AvgIpc) is 2.28. The molecule has 0 aliphatic rings. The van der Waals surface area contributed by atoms with Crippen LogP contribution in [0.4, 0.5) is 0 Å². The lowest BCUT2D eigenvalue weighted by Gasteiger charge is -2.11. The van der Waals surface area contributed by atoms with Crippen molar-refractivity contribution < 1.29 is 14.6 Å². The van der Waals surface area contributed by atoms with Crippen molar-refractivity contribution in [2.45, 2.75) is 13.0 Å². The second-order valence-electron chi connectivity index (χ2n) is 3.09. The standard InChI is InChI=1S/C12H16O3/c1-4-5-10(13)9-6-7-11(14-2)12(8-9)15-3/h4-8,10,13H,1-3H3/b5-4+. The number of hydrogen-bond acceptors (Lipinski definition) is 3. The van der Waals surface area contributed by atoms with Gasteiger partial charge in [0.25, 0.3) is 0 Å². The third-order valence-electron chi connectivity index (χ3n) is 2.12. The zero-order valence-corrected chi connectivity index (χ0v) is 9.23. The van der Waals surface area contributed by atoms with Crippen molar-refractivity contribution in [3.8, 4) is 11.5 Å². The van der Waals surface area contributed by atoms with Gasteiger partial charge in [0, 0.05) is 0 Å². The Morgan fingerprint density at radius 1 is 1.20 bits per heavy atom. The Morgan fingerprint density at radius 3 is 2.40 bits per heavy atom. The van der Waals surface area contributed by atoms with E-state index in [1.807, 2.05) is 13.0 Å². The first-order valence-corrected chi connectivity index (χ1v) is 4.75. The molecule has 0 aromatic heterocycles. The van der Waals surface area contributed by atoms with Gasteiger partial charge in [-0.3, -0.25) is 0 Å². The van der Waals surface area contributed by atoms with Crippen LogP contribution >= 0.6 is 0 Å². The lowest BCUT2D eigenvalue weighted by atomic mass is 10.1. The normalized spacial score (nSPS) is 12.8. The molecule has 1 aromatic rings. The van der Waals surface area contributed by atoms with Crippen molar-refractivity contribution in [2.75, 3.05) is 14.2 Å². The van der Waals surface area contributed by atoms with E-state index in [1.165, 1.54) is 0 Å². The van der Waals surface area contributed by atoms with Crippen molar-refractivity contribution in [3.63, 3.8) is 0 Å². The van der Waals surface area contributed by atoms with E-state index in [0.717, 1.165) is 5.56 Å². The van der Waals surface area contributed by atoms with Crippen LogP contribution in [0.25, 0.3) is 0 Å². The van der Waals surface area contributed by atoms with E-state index in [-0.39, 0.29) is 0 Å². The molecule has 1 aromatic carbocycles. The molecular formula is C12H16O3. The van der Waals surface area contributed by atoms with Gasteiger partial charge in [-0.15, -0.1) is 0 Å². The molecule has 0 heterocycles. The van der Waals surface area contributed by atoms with Crippen molar-refractivity contribution in [1.82, 2.24) is 0 Å². The number of aliphatic hydroxyl groups is 1. The third kappa shape index (κ3) is 2.73. The van der Waals surface area contributed by atoms with Crippen molar-refractivity contribution in [2.24, 2.45) is 0 Å². The van der Waals surface area contributed by atoms with Gasteiger partial charge < -0.3 is 14.6 Å². The first-order valence-electron chi connectivity index (χ1n) is 4.75. The highest BCUT2D eigenvalue weighted by atomic mass is 16.5. The highest BCUT2D eigenvalue weighted by Crippen LogP contribution is 2.30. The van der Waals surface area contributed by atoms with E-state index in [4.69, 9.17) is 9.47 Å². The Morgan fingerprint density at radius 2 is 1.87 bits per heavy atom. The molecule has 82 valence electrons. The molecule has 0 bridgehead atoms. The summed E-state index contributed by atoms with van der Waals surface area (Å²) in [5.74, 6) is 1.28. The second-order valence-corrected chi connectivity index (χ2v) is 3.09. The fraction of sp³-hybridized carbons (Fsp3) is 0.333. The van der Waals surface area contributed by atoms with Crippen LogP contribution in [0.2, 0.25) is 0 Å². The van der Waals surface area contributed by atoms with Crippen LogP contribution in [0.3, 0.4) is 0 Å². The quantitative estimate of drug-likeness (QED) is 0.772. The molecule has 0 fully saturated rings. The summed E-state index contributed by atoms with van der Waals surface area (Å²) in [7, 11) is 3.16. The number of hydrogen-bond donors (Lipinski definition) is 1. The monoisotopic (exact) mass is 208 g/mol. The molecule has 0 radical (unpaired) electrons. The molecular weight excluding hydrogens is 192 g/mol. The van der Waals surface area contributed by atoms with Gasteiger partial charge in [0.1, 0.15) is 0 Å². The van der Waals surface area contributed by atoms with E-state index >= 15 is 0 Å². The molecule has 0 saturated heterocycles. The van der Waals surface area contributed by atoms with Gasteiger partial charge in [0.05, 0.1) is 20.3 Å². The SMILES string of the molecule is C/C=C/C(O)c1ccc(OC)c(OC)c1. The Hall–Kier alpha value is -1.48. The van der Waals surface area contributed by atoms with Gasteiger partial charge >= 0.3 is 0 Å². The lowest BCUT2D eigenvalue weighted by molar-refractivity contribution is 0.227. The Kier molecular flexibility index (Phi) is 4.18. The predicted molar refractivity (Wildman–Crippen MR) is 59.3 cm³/mol. The zero-order chi connectivity index (χ0) is 11.3. The van der Waals surface area contributed by atoms with Crippen LogP contribution in [0.15, 0.2) is 30.4 Å². The summed E-state index contributed by atoms with van der Waals surface area (Å²) in [6.07, 6.45) is 2.91. The first-order chi connectivity index (χ1) is 7.22. The van der Waals surface area contributed by atoms with Crippen molar-refractivity contribution >= 4 is 0 Å². The molecule has 1 unspecified atom stereocenters. The molecule has 0 aliphatic heterocycles. The van der Waals surface area contributed by atoms with Gasteiger partial charge in [-0.2, -0.15) is 0 Å². The molecule has 1 N–H and O–H groups in total. The van der Waals surface area contributed by atoms with Crippen molar-refractivity contribution in [3.05, 3.63) is 35.9 Å². The number of rotatable bonds is 4. The Bertz CT molecular complexity index is 345. The minimum atomic E-state index is -0.602. The highest BCUT2D eigenvalue weighted by Gasteiger charge is 2.08. The maximum absolute atomic E-state index is 9.72. The summed E-state index contributed by atoms with van der Waals surface area (Å²) in [4.78, 5) is 0. The fourth-order valence-electron chi connectivity index (χ4n) is 1.33. The minimum Gasteiger partial charge on any atom is -0.493 e. The van der Waals surface area contributed by atoms with E-state index in [2.05, 4.69) is 0 Å². The van der Waals surface area contributed by atoms with E-state index in [0.29, 0.717) is 11.5 Å². The second kappa shape index (κ2) is 5.41. The van der Waals surface area contributed by atoms with Crippen LogP contribution in [0.1, 0.15) is 18.6 Å². The minimum absolute atomic E-state index is 0.602. The van der Waals surface area contributed by atoms with Gasteiger partial charge in [0.15, 0.2) is 11.5 Å². The predicted octanol–water partition coefficient (Wildman–Crippen LogP) is 2.31. The van der Waals surface area contributed by atoms with Crippen LogP contribution in [0.5, 0.6) is 11.5 Å². The van der Waals surface area contributed by atoms with E-state index in [1.54, 1.807) is 38.5 Å². The molecule has 0 saturated carbocycles. The summed E-state index contributed by atoms with van der Waals surface area (Å²) < 4.78 is 10.3.